The largest absolute Gasteiger partial charge is 0.350 e. The molecule has 3 rings (SSSR count). The van der Waals surface area contributed by atoms with Crippen molar-refractivity contribution in [3.8, 4) is 0 Å². The Balaban J connectivity index is 1.38. The second kappa shape index (κ2) is 10.6. The van der Waals surface area contributed by atoms with Crippen molar-refractivity contribution in [3.05, 3.63) is 82.9 Å². The third kappa shape index (κ3) is 7.03. The fraction of sp³-hybridized carbons (Fsp3) is 0.308. The van der Waals surface area contributed by atoms with Gasteiger partial charge in [-0.25, -0.2) is 0 Å². The van der Waals surface area contributed by atoms with Crippen LogP contribution in [0.1, 0.15) is 47.9 Å². The summed E-state index contributed by atoms with van der Waals surface area (Å²) < 4.78 is 0. The smallest absolute Gasteiger partial charge is 0.244 e. The zero-order valence-electron chi connectivity index (χ0n) is 17.7. The zero-order valence-corrected chi connectivity index (χ0v) is 17.7. The van der Waals surface area contributed by atoms with Crippen LogP contribution in [-0.2, 0) is 9.59 Å². The first-order valence-electron chi connectivity index (χ1n) is 10.6. The van der Waals surface area contributed by atoms with Crippen LogP contribution in [0.2, 0.25) is 0 Å². The Labute approximate surface area is 179 Å². The Morgan fingerprint density at radius 3 is 1.33 bits per heavy atom. The zero-order chi connectivity index (χ0) is 21.3. The van der Waals surface area contributed by atoms with Crippen LogP contribution in [0.25, 0.3) is 12.2 Å². The highest BCUT2D eigenvalue weighted by atomic mass is 16.2. The van der Waals surface area contributed by atoms with E-state index < -0.39 is 0 Å². The van der Waals surface area contributed by atoms with Crippen LogP contribution in [0, 0.1) is 13.8 Å². The molecule has 2 N–H and O–H groups in total. The molecule has 0 aliphatic heterocycles. The lowest BCUT2D eigenvalue weighted by molar-refractivity contribution is -0.118. The van der Waals surface area contributed by atoms with E-state index in [2.05, 4.69) is 10.6 Å². The fourth-order valence-electron chi connectivity index (χ4n) is 3.58. The maximum absolute atomic E-state index is 12.2. The van der Waals surface area contributed by atoms with E-state index in [-0.39, 0.29) is 23.9 Å². The van der Waals surface area contributed by atoms with Gasteiger partial charge in [0.05, 0.1) is 0 Å². The minimum absolute atomic E-state index is 0.0657. The van der Waals surface area contributed by atoms with Crippen molar-refractivity contribution in [3.63, 3.8) is 0 Å². The van der Waals surface area contributed by atoms with Crippen LogP contribution >= 0.6 is 0 Å². The van der Waals surface area contributed by atoms with Crippen LogP contribution in [-0.4, -0.2) is 23.9 Å². The molecule has 4 nitrogen and oxygen atoms in total. The maximum atomic E-state index is 12.2. The summed E-state index contributed by atoms with van der Waals surface area (Å²) in [4.78, 5) is 24.3. The SMILES string of the molecule is Cc1ccc(/C=C\C(=O)NC2CCC(NC(=O)/C=C\c3ccc(C)cc3)CC2)cc1. The second-order valence-corrected chi connectivity index (χ2v) is 8.05. The molecule has 0 saturated heterocycles. The number of hydrogen-bond donors (Lipinski definition) is 2. The number of carbonyl (C=O) groups is 2. The van der Waals surface area contributed by atoms with Gasteiger partial charge in [-0.3, -0.25) is 9.59 Å². The summed E-state index contributed by atoms with van der Waals surface area (Å²) in [5, 5.41) is 6.15. The molecule has 156 valence electrons. The second-order valence-electron chi connectivity index (χ2n) is 8.05. The number of rotatable bonds is 6. The van der Waals surface area contributed by atoms with Gasteiger partial charge in [0.2, 0.25) is 11.8 Å². The van der Waals surface area contributed by atoms with Crippen molar-refractivity contribution >= 4 is 24.0 Å². The molecule has 0 unspecified atom stereocenters. The normalized spacial score (nSPS) is 19.1. The minimum atomic E-state index is -0.0657. The molecule has 0 bridgehead atoms. The first kappa shape index (κ1) is 21.6. The molecular formula is C26H30N2O2. The van der Waals surface area contributed by atoms with Gasteiger partial charge in [-0.15, -0.1) is 0 Å². The van der Waals surface area contributed by atoms with E-state index >= 15 is 0 Å². The quantitative estimate of drug-likeness (QED) is 0.695. The Bertz CT molecular complexity index is 826. The third-order valence-electron chi connectivity index (χ3n) is 5.43. The predicted octanol–water partition coefficient (Wildman–Crippen LogP) is 4.57. The molecule has 0 aromatic heterocycles. The van der Waals surface area contributed by atoms with Gasteiger partial charge in [0, 0.05) is 24.2 Å². The number of aryl methyl sites for hydroxylation is 2. The molecule has 2 aromatic carbocycles. The fourth-order valence-corrected chi connectivity index (χ4v) is 3.58. The van der Waals surface area contributed by atoms with Gasteiger partial charge >= 0.3 is 0 Å². The van der Waals surface area contributed by atoms with E-state index in [4.69, 9.17) is 0 Å². The van der Waals surface area contributed by atoms with E-state index in [0.29, 0.717) is 0 Å². The molecule has 0 spiro atoms. The van der Waals surface area contributed by atoms with Gasteiger partial charge in [-0.2, -0.15) is 0 Å². The van der Waals surface area contributed by atoms with Crippen molar-refractivity contribution < 1.29 is 9.59 Å². The Hall–Kier alpha value is -3.14. The van der Waals surface area contributed by atoms with Crippen molar-refractivity contribution in [1.82, 2.24) is 10.6 Å². The summed E-state index contributed by atoms with van der Waals surface area (Å²) in [6.07, 6.45) is 10.3. The lowest BCUT2D eigenvalue weighted by Crippen LogP contribution is -2.43. The highest BCUT2D eigenvalue weighted by molar-refractivity contribution is 5.92. The Morgan fingerprint density at radius 1 is 0.667 bits per heavy atom. The molecule has 0 atom stereocenters. The molecule has 4 heteroatoms. The van der Waals surface area contributed by atoms with Gasteiger partial charge < -0.3 is 10.6 Å². The van der Waals surface area contributed by atoms with Crippen LogP contribution in [0.15, 0.2) is 60.7 Å². The monoisotopic (exact) mass is 402 g/mol. The van der Waals surface area contributed by atoms with E-state index in [1.165, 1.54) is 11.1 Å². The molecule has 1 saturated carbocycles. The van der Waals surface area contributed by atoms with Crippen molar-refractivity contribution in [2.75, 3.05) is 0 Å². The highest BCUT2D eigenvalue weighted by Gasteiger charge is 2.22. The first-order valence-corrected chi connectivity index (χ1v) is 10.6. The molecule has 30 heavy (non-hydrogen) atoms. The summed E-state index contributed by atoms with van der Waals surface area (Å²) in [5.41, 5.74) is 4.43. The number of benzene rings is 2. The summed E-state index contributed by atoms with van der Waals surface area (Å²) in [5.74, 6) is -0.131. The van der Waals surface area contributed by atoms with Gasteiger partial charge in [0.15, 0.2) is 0 Å². The van der Waals surface area contributed by atoms with Crippen molar-refractivity contribution in [2.45, 2.75) is 51.6 Å². The van der Waals surface area contributed by atoms with Crippen LogP contribution in [0.3, 0.4) is 0 Å². The predicted molar refractivity (Wildman–Crippen MR) is 123 cm³/mol. The summed E-state index contributed by atoms with van der Waals surface area (Å²) in [7, 11) is 0. The molecule has 2 amide bonds. The lowest BCUT2D eigenvalue weighted by atomic mass is 9.91. The summed E-state index contributed by atoms with van der Waals surface area (Å²) in [6, 6.07) is 16.5. The van der Waals surface area contributed by atoms with E-state index in [0.717, 1.165) is 36.8 Å². The van der Waals surface area contributed by atoms with Gasteiger partial charge in [0.1, 0.15) is 0 Å². The molecule has 0 heterocycles. The summed E-state index contributed by atoms with van der Waals surface area (Å²) >= 11 is 0. The van der Waals surface area contributed by atoms with Crippen LogP contribution in [0.4, 0.5) is 0 Å². The molecule has 1 fully saturated rings. The number of hydrogen-bond acceptors (Lipinski definition) is 2. The Morgan fingerprint density at radius 2 is 1.00 bits per heavy atom. The minimum Gasteiger partial charge on any atom is -0.350 e. The van der Waals surface area contributed by atoms with Crippen LogP contribution in [0.5, 0.6) is 0 Å². The van der Waals surface area contributed by atoms with Gasteiger partial charge in [0.25, 0.3) is 0 Å². The van der Waals surface area contributed by atoms with Crippen molar-refractivity contribution in [2.24, 2.45) is 0 Å². The maximum Gasteiger partial charge on any atom is 0.244 e. The summed E-state index contributed by atoms with van der Waals surface area (Å²) in [6.45, 7) is 4.08. The van der Waals surface area contributed by atoms with E-state index in [9.17, 15) is 9.59 Å². The van der Waals surface area contributed by atoms with Crippen molar-refractivity contribution in [1.29, 1.82) is 0 Å². The molecule has 1 aliphatic carbocycles. The first-order chi connectivity index (χ1) is 14.5. The molecule has 2 aromatic rings. The average Bonchev–Trinajstić information content (AvgIpc) is 2.74. The van der Waals surface area contributed by atoms with Crippen LogP contribution < -0.4 is 10.6 Å². The molecule has 0 radical (unpaired) electrons. The standard InChI is InChI=1S/C26H30N2O2/c1-19-3-7-21(8-4-19)11-17-25(29)27-23-13-15-24(16-14-23)28-26(30)18-12-22-9-5-20(2)6-10-22/h3-12,17-18,23-24H,13-16H2,1-2H3,(H,27,29)(H,28,30)/b17-11-,18-12-. The van der Waals surface area contributed by atoms with Gasteiger partial charge in [-0.1, -0.05) is 59.7 Å². The van der Waals surface area contributed by atoms with E-state index in [1.807, 2.05) is 74.5 Å². The molecular weight excluding hydrogens is 372 g/mol. The average molecular weight is 403 g/mol. The third-order valence-corrected chi connectivity index (χ3v) is 5.43. The topological polar surface area (TPSA) is 58.2 Å². The molecule has 1 aliphatic rings. The van der Waals surface area contributed by atoms with Gasteiger partial charge in [-0.05, 0) is 62.8 Å². The Kier molecular flexibility index (Phi) is 7.61. The lowest BCUT2D eigenvalue weighted by Gasteiger charge is -2.29. The number of amides is 2. The number of nitrogens with one attached hydrogen (secondary N) is 2. The van der Waals surface area contributed by atoms with E-state index in [1.54, 1.807) is 12.2 Å². The highest BCUT2D eigenvalue weighted by Crippen LogP contribution is 2.19. The number of carbonyl (C=O) groups excluding carboxylic acids is 2.